The Morgan fingerprint density at radius 3 is 2.47 bits per heavy atom. The van der Waals surface area contributed by atoms with E-state index in [1.54, 1.807) is 0 Å². The van der Waals surface area contributed by atoms with Crippen LogP contribution in [-0.2, 0) is 6.18 Å². The highest BCUT2D eigenvalue weighted by molar-refractivity contribution is 6.28. The first kappa shape index (κ1) is 13.5. The number of hydrogen-bond donors (Lipinski definition) is 0. The van der Waals surface area contributed by atoms with E-state index < -0.39 is 28.9 Å². The van der Waals surface area contributed by atoms with Crippen molar-refractivity contribution in [1.82, 2.24) is 9.97 Å². The van der Waals surface area contributed by atoms with Crippen LogP contribution in [0.2, 0.25) is 5.28 Å². The van der Waals surface area contributed by atoms with E-state index in [0.717, 1.165) is 6.07 Å². The molecule has 8 heteroatoms. The first-order valence-electron chi connectivity index (χ1n) is 4.90. The van der Waals surface area contributed by atoms with Gasteiger partial charge in [-0.1, -0.05) is 6.07 Å². The normalized spacial score (nSPS) is 11.4. The number of rotatable bonds is 2. The van der Waals surface area contributed by atoms with Crippen LogP contribution in [0.5, 0.6) is 11.6 Å². The van der Waals surface area contributed by atoms with Gasteiger partial charge in [0.2, 0.25) is 11.2 Å². The molecule has 0 N–H and O–H groups in total. The fraction of sp³-hybridized carbons (Fsp3) is 0.0909. The van der Waals surface area contributed by atoms with Crippen LogP contribution in [0.1, 0.15) is 5.69 Å². The number of aromatic nitrogens is 2. The average Bonchev–Trinajstić information content (AvgIpc) is 2.26. The molecule has 2 rings (SSSR count). The zero-order valence-corrected chi connectivity index (χ0v) is 9.84. The Labute approximate surface area is 109 Å². The Morgan fingerprint density at radius 1 is 1.11 bits per heavy atom. The van der Waals surface area contributed by atoms with Crippen molar-refractivity contribution in [1.29, 1.82) is 0 Å². The predicted molar refractivity (Wildman–Crippen MR) is 58.5 cm³/mol. The Morgan fingerprint density at radius 2 is 1.84 bits per heavy atom. The van der Waals surface area contributed by atoms with Crippen LogP contribution in [0, 0.1) is 5.82 Å². The number of nitrogens with zero attached hydrogens (tertiary/aromatic N) is 2. The van der Waals surface area contributed by atoms with Crippen molar-refractivity contribution < 1.29 is 22.3 Å². The van der Waals surface area contributed by atoms with E-state index in [1.165, 1.54) is 18.2 Å². The van der Waals surface area contributed by atoms with E-state index in [2.05, 4.69) is 9.97 Å². The van der Waals surface area contributed by atoms with Gasteiger partial charge < -0.3 is 4.74 Å². The molecular weight excluding hydrogens is 288 g/mol. The fourth-order valence-electron chi connectivity index (χ4n) is 1.25. The Kier molecular flexibility index (Phi) is 3.57. The van der Waals surface area contributed by atoms with Crippen LogP contribution in [-0.4, -0.2) is 9.97 Å². The zero-order chi connectivity index (χ0) is 14.0. The second-order valence-electron chi connectivity index (χ2n) is 3.42. The minimum atomic E-state index is -4.67. The number of hydrogen-bond acceptors (Lipinski definition) is 3. The molecule has 19 heavy (non-hydrogen) atoms. The average molecular weight is 293 g/mol. The molecule has 1 heterocycles. The number of ether oxygens (including phenoxy) is 1. The van der Waals surface area contributed by atoms with E-state index in [4.69, 9.17) is 16.3 Å². The Balaban J connectivity index is 2.33. The van der Waals surface area contributed by atoms with E-state index in [-0.39, 0.29) is 5.75 Å². The molecule has 0 spiro atoms. The lowest BCUT2D eigenvalue weighted by Gasteiger charge is -2.09. The first-order valence-corrected chi connectivity index (χ1v) is 5.27. The first-order chi connectivity index (χ1) is 8.84. The van der Waals surface area contributed by atoms with Crippen LogP contribution < -0.4 is 4.74 Å². The summed E-state index contributed by atoms with van der Waals surface area (Å²) in [5, 5.41) is -0.610. The summed E-state index contributed by atoms with van der Waals surface area (Å²) < 4.78 is 55.4. The molecule has 100 valence electrons. The minimum Gasteiger partial charge on any atom is -0.439 e. The fourth-order valence-corrected chi connectivity index (χ4v) is 1.42. The smallest absolute Gasteiger partial charge is 0.433 e. The van der Waals surface area contributed by atoms with Gasteiger partial charge in [-0.3, -0.25) is 0 Å². The van der Waals surface area contributed by atoms with Gasteiger partial charge in [0.1, 0.15) is 11.6 Å². The van der Waals surface area contributed by atoms with Crippen molar-refractivity contribution in [2.75, 3.05) is 0 Å². The molecule has 2 aromatic rings. The molecule has 0 aliphatic rings. The highest BCUT2D eigenvalue weighted by Crippen LogP contribution is 2.31. The van der Waals surface area contributed by atoms with Crippen LogP contribution >= 0.6 is 11.6 Å². The van der Waals surface area contributed by atoms with Crippen LogP contribution in [0.4, 0.5) is 17.6 Å². The van der Waals surface area contributed by atoms with Gasteiger partial charge in [-0.05, 0) is 23.7 Å². The van der Waals surface area contributed by atoms with Crippen molar-refractivity contribution in [3.8, 4) is 11.6 Å². The summed E-state index contributed by atoms with van der Waals surface area (Å²) in [6, 6.07) is 5.46. The van der Waals surface area contributed by atoms with Gasteiger partial charge >= 0.3 is 6.18 Å². The van der Waals surface area contributed by atoms with Crippen LogP contribution in [0.15, 0.2) is 30.3 Å². The lowest BCUT2D eigenvalue weighted by Crippen LogP contribution is -2.09. The molecule has 1 aromatic heterocycles. The van der Waals surface area contributed by atoms with Crippen molar-refractivity contribution in [2.45, 2.75) is 6.18 Å². The molecule has 0 bridgehead atoms. The molecule has 0 amide bonds. The van der Waals surface area contributed by atoms with Crippen molar-refractivity contribution in [2.24, 2.45) is 0 Å². The largest absolute Gasteiger partial charge is 0.439 e. The highest BCUT2D eigenvalue weighted by atomic mass is 35.5. The predicted octanol–water partition coefficient (Wildman–Crippen LogP) is 4.08. The van der Waals surface area contributed by atoms with Gasteiger partial charge in [0.05, 0.1) is 0 Å². The molecular formula is C11H5ClF4N2O. The monoisotopic (exact) mass is 292 g/mol. The van der Waals surface area contributed by atoms with E-state index >= 15 is 0 Å². The molecule has 1 aromatic carbocycles. The van der Waals surface area contributed by atoms with Crippen molar-refractivity contribution >= 4 is 11.6 Å². The molecule has 0 unspecified atom stereocenters. The Hall–Kier alpha value is -1.89. The topological polar surface area (TPSA) is 35.0 Å². The summed E-state index contributed by atoms with van der Waals surface area (Å²) in [6.45, 7) is 0. The standard InChI is InChI=1S/C11H5ClF4N2O/c12-10-17-8(11(14,15)16)5-9(18-10)19-7-3-1-2-6(13)4-7/h1-5H. The van der Waals surface area contributed by atoms with Gasteiger partial charge in [-0.15, -0.1) is 0 Å². The quantitative estimate of drug-likeness (QED) is 0.618. The van der Waals surface area contributed by atoms with E-state index in [1.807, 2.05) is 0 Å². The van der Waals surface area contributed by atoms with E-state index in [0.29, 0.717) is 6.07 Å². The highest BCUT2D eigenvalue weighted by Gasteiger charge is 2.33. The molecule has 0 fully saturated rings. The molecule has 0 aliphatic carbocycles. The summed E-state index contributed by atoms with van der Waals surface area (Å²) in [4.78, 5) is 6.52. The lowest BCUT2D eigenvalue weighted by atomic mass is 10.3. The molecule has 0 aliphatic heterocycles. The van der Waals surface area contributed by atoms with Gasteiger partial charge in [0.25, 0.3) is 0 Å². The number of alkyl halides is 3. The number of halogens is 5. The van der Waals surface area contributed by atoms with E-state index in [9.17, 15) is 17.6 Å². The van der Waals surface area contributed by atoms with Crippen molar-refractivity contribution in [3.63, 3.8) is 0 Å². The molecule has 0 saturated carbocycles. The zero-order valence-electron chi connectivity index (χ0n) is 9.08. The van der Waals surface area contributed by atoms with Gasteiger partial charge in [-0.2, -0.15) is 18.2 Å². The molecule has 0 radical (unpaired) electrons. The molecule has 0 atom stereocenters. The second kappa shape index (κ2) is 5.00. The maximum absolute atomic E-state index is 12.9. The summed E-state index contributed by atoms with van der Waals surface area (Å²) in [6.07, 6.45) is -4.67. The van der Waals surface area contributed by atoms with Gasteiger partial charge in [-0.25, -0.2) is 9.37 Å². The van der Waals surface area contributed by atoms with Crippen LogP contribution in [0.25, 0.3) is 0 Å². The van der Waals surface area contributed by atoms with Gasteiger partial charge in [0.15, 0.2) is 5.69 Å². The Bertz CT molecular complexity index is 603. The third kappa shape index (κ3) is 3.54. The summed E-state index contributed by atoms with van der Waals surface area (Å²) in [5.41, 5.74) is -1.24. The van der Waals surface area contributed by atoms with Gasteiger partial charge in [0, 0.05) is 12.1 Å². The summed E-state index contributed by atoms with van der Waals surface area (Å²) in [5.74, 6) is -1.01. The second-order valence-corrected chi connectivity index (χ2v) is 3.76. The van der Waals surface area contributed by atoms with Crippen molar-refractivity contribution in [3.05, 3.63) is 47.1 Å². The lowest BCUT2D eigenvalue weighted by molar-refractivity contribution is -0.141. The maximum Gasteiger partial charge on any atom is 0.433 e. The third-order valence-electron chi connectivity index (χ3n) is 1.98. The molecule has 0 saturated heterocycles. The SMILES string of the molecule is Fc1cccc(Oc2cc(C(F)(F)F)nc(Cl)n2)c1. The maximum atomic E-state index is 12.9. The summed E-state index contributed by atoms with van der Waals surface area (Å²) >= 11 is 5.38. The third-order valence-corrected chi connectivity index (χ3v) is 2.15. The van der Waals surface area contributed by atoms with Crippen LogP contribution in [0.3, 0.4) is 0 Å². The summed E-state index contributed by atoms with van der Waals surface area (Å²) in [7, 11) is 0. The number of benzene rings is 1. The molecule has 3 nitrogen and oxygen atoms in total. The minimum absolute atomic E-state index is 0.00268.